The summed E-state index contributed by atoms with van der Waals surface area (Å²) in [7, 11) is -2.63. The van der Waals surface area contributed by atoms with Crippen molar-refractivity contribution in [2.45, 2.75) is 18.7 Å². The average Bonchev–Trinajstić information content (AvgIpc) is 2.47. The minimum absolute atomic E-state index is 0.00118. The fraction of sp³-hybridized carbons (Fsp3) is 0.545. The van der Waals surface area contributed by atoms with Crippen molar-refractivity contribution in [3.05, 3.63) is 10.4 Å². The van der Waals surface area contributed by atoms with Crippen LogP contribution in [-0.2, 0) is 14.1 Å². The van der Waals surface area contributed by atoms with Gasteiger partial charge in [0.25, 0.3) is 5.56 Å². The van der Waals surface area contributed by atoms with E-state index >= 15 is 0 Å². The normalized spacial score (nSPS) is 10.7. The Labute approximate surface area is 137 Å². The second kappa shape index (κ2) is 10.4. The van der Waals surface area contributed by atoms with Gasteiger partial charge >= 0.3 is 7.60 Å². The number of hydrogen-bond donors (Lipinski definition) is 4. The van der Waals surface area contributed by atoms with Crippen molar-refractivity contribution in [1.29, 1.82) is 0 Å². The third-order valence-electron chi connectivity index (χ3n) is 2.24. The third-order valence-corrected chi connectivity index (χ3v) is 3.45. The monoisotopic (exact) mass is 368 g/mol. The lowest BCUT2D eigenvalue weighted by Gasteiger charge is -2.20. The SMILES string of the molecule is CC.CN(CCOCP(=O)(O)O)c1nc(N)[nH]c(=O)c1SC=O. The van der Waals surface area contributed by atoms with Crippen LogP contribution in [0.1, 0.15) is 13.8 Å². The van der Waals surface area contributed by atoms with Gasteiger partial charge in [-0.25, -0.2) is 0 Å². The van der Waals surface area contributed by atoms with Crippen LogP contribution in [0.25, 0.3) is 0 Å². The summed E-state index contributed by atoms with van der Waals surface area (Å²) in [6, 6.07) is 0. The Morgan fingerprint density at radius 1 is 1.48 bits per heavy atom. The molecule has 0 aliphatic heterocycles. The Bertz CT molecular complexity index is 605. The van der Waals surface area contributed by atoms with E-state index in [1.165, 1.54) is 4.90 Å². The number of likely N-dealkylation sites (N-methyl/N-ethyl adjacent to an activating group) is 1. The van der Waals surface area contributed by atoms with Gasteiger partial charge in [0.15, 0.2) is 11.4 Å². The molecular weight excluding hydrogens is 347 g/mol. The van der Waals surface area contributed by atoms with Crippen LogP contribution in [0.5, 0.6) is 0 Å². The van der Waals surface area contributed by atoms with Gasteiger partial charge < -0.3 is 25.2 Å². The van der Waals surface area contributed by atoms with Gasteiger partial charge in [-0.15, -0.1) is 0 Å². The highest BCUT2D eigenvalue weighted by Gasteiger charge is 2.16. The topological polar surface area (TPSA) is 159 Å². The highest BCUT2D eigenvalue weighted by atomic mass is 32.2. The minimum Gasteiger partial charge on any atom is -0.369 e. The minimum atomic E-state index is -4.22. The third kappa shape index (κ3) is 8.14. The van der Waals surface area contributed by atoms with E-state index in [2.05, 4.69) is 9.97 Å². The number of nitrogens with one attached hydrogen (secondary N) is 1. The molecule has 0 saturated heterocycles. The summed E-state index contributed by atoms with van der Waals surface area (Å²) >= 11 is 0.660. The van der Waals surface area contributed by atoms with E-state index in [1.807, 2.05) is 13.8 Å². The predicted molar refractivity (Wildman–Crippen MR) is 89.4 cm³/mol. The average molecular weight is 368 g/mol. The van der Waals surface area contributed by atoms with Crippen molar-refractivity contribution in [2.75, 3.05) is 37.2 Å². The highest BCUT2D eigenvalue weighted by molar-refractivity contribution is 8.12. The van der Waals surface area contributed by atoms with Crippen molar-refractivity contribution in [3.63, 3.8) is 0 Å². The van der Waals surface area contributed by atoms with E-state index in [0.717, 1.165) is 0 Å². The summed E-state index contributed by atoms with van der Waals surface area (Å²) < 4.78 is 15.4. The zero-order valence-corrected chi connectivity index (χ0v) is 14.8. The first-order valence-electron chi connectivity index (χ1n) is 6.58. The molecule has 0 saturated carbocycles. The van der Waals surface area contributed by atoms with Crippen LogP contribution in [0.2, 0.25) is 0 Å². The number of H-pyrrole nitrogens is 1. The second-order valence-corrected chi connectivity index (χ2v) is 6.37. The molecule has 1 aromatic rings. The first kappa shape index (κ1) is 21.6. The molecule has 12 heteroatoms. The number of carbonyl (C=O) groups excluding carboxylic acids is 1. The number of thioether (sulfide) groups is 1. The van der Waals surface area contributed by atoms with Gasteiger partial charge in [-0.3, -0.25) is 19.1 Å². The predicted octanol–water partition coefficient (Wildman–Crippen LogP) is 0.249. The second-order valence-electron chi connectivity index (χ2n) is 3.94. The Hall–Kier alpha value is -1.39. The smallest absolute Gasteiger partial charge is 0.350 e. The van der Waals surface area contributed by atoms with Gasteiger partial charge in [0.2, 0.25) is 5.95 Å². The maximum atomic E-state index is 11.7. The zero-order valence-electron chi connectivity index (χ0n) is 13.1. The van der Waals surface area contributed by atoms with Crippen LogP contribution < -0.4 is 16.2 Å². The summed E-state index contributed by atoms with van der Waals surface area (Å²) in [6.45, 7) is 4.20. The summed E-state index contributed by atoms with van der Waals surface area (Å²) in [5, 5.41) is 0. The van der Waals surface area contributed by atoms with Crippen LogP contribution in [0, 0.1) is 0 Å². The Kier molecular flexibility index (Phi) is 9.77. The number of ether oxygens (including phenoxy) is 1. The first-order chi connectivity index (χ1) is 10.7. The maximum absolute atomic E-state index is 11.7. The summed E-state index contributed by atoms with van der Waals surface area (Å²) in [5.41, 5.74) is 5.40. The van der Waals surface area contributed by atoms with Gasteiger partial charge in [0, 0.05) is 13.6 Å². The first-order valence-corrected chi connectivity index (χ1v) is 9.26. The van der Waals surface area contributed by atoms with Crippen molar-refractivity contribution in [3.8, 4) is 0 Å². The molecule has 0 aromatic carbocycles. The number of aromatic nitrogens is 2. The van der Waals surface area contributed by atoms with Crippen molar-refractivity contribution in [1.82, 2.24) is 9.97 Å². The van der Waals surface area contributed by atoms with Crippen LogP contribution >= 0.6 is 19.4 Å². The number of nitrogens with two attached hydrogens (primary N) is 1. The molecule has 0 bridgehead atoms. The van der Waals surface area contributed by atoms with Gasteiger partial charge in [-0.05, 0) is 11.8 Å². The number of aromatic amines is 1. The summed E-state index contributed by atoms with van der Waals surface area (Å²) in [6.07, 6.45) is -0.693. The lowest BCUT2D eigenvalue weighted by atomic mass is 10.5. The molecule has 5 N–H and O–H groups in total. The van der Waals surface area contributed by atoms with Crippen LogP contribution in [0.15, 0.2) is 9.69 Å². The van der Waals surface area contributed by atoms with E-state index in [1.54, 1.807) is 7.05 Å². The van der Waals surface area contributed by atoms with E-state index < -0.39 is 19.5 Å². The molecule has 1 aromatic heterocycles. The molecule has 0 atom stereocenters. The van der Waals surface area contributed by atoms with Crippen molar-refractivity contribution < 1.29 is 23.9 Å². The fourth-order valence-electron chi connectivity index (χ4n) is 1.37. The molecule has 1 rings (SSSR count). The van der Waals surface area contributed by atoms with Crippen LogP contribution in [0.3, 0.4) is 0 Å². The molecule has 0 radical (unpaired) electrons. The summed E-state index contributed by atoms with van der Waals surface area (Å²) in [5.74, 6) is 0.0846. The van der Waals surface area contributed by atoms with Gasteiger partial charge in [-0.1, -0.05) is 13.8 Å². The number of anilines is 2. The quantitative estimate of drug-likeness (QED) is 0.217. The van der Waals surface area contributed by atoms with Crippen LogP contribution in [0.4, 0.5) is 11.8 Å². The molecule has 0 aliphatic carbocycles. The maximum Gasteiger partial charge on any atom is 0.350 e. The largest absolute Gasteiger partial charge is 0.369 e. The van der Waals surface area contributed by atoms with E-state index in [9.17, 15) is 14.2 Å². The number of carbonyl (C=O) groups is 1. The molecule has 0 spiro atoms. The molecular formula is C11H21N4O6PS. The van der Waals surface area contributed by atoms with Gasteiger partial charge in [-0.2, -0.15) is 4.98 Å². The van der Waals surface area contributed by atoms with Crippen molar-refractivity contribution in [2.24, 2.45) is 0 Å². The Balaban J connectivity index is 0.00000232. The lowest BCUT2D eigenvalue weighted by molar-refractivity contribution is 0.163. The number of hydrogen-bond acceptors (Lipinski definition) is 8. The van der Waals surface area contributed by atoms with Gasteiger partial charge in [0.05, 0.1) is 6.61 Å². The van der Waals surface area contributed by atoms with E-state index in [0.29, 0.717) is 17.4 Å². The number of nitrogens with zero attached hydrogens (tertiary/aromatic N) is 2. The lowest BCUT2D eigenvalue weighted by Crippen LogP contribution is -2.27. The molecule has 0 fully saturated rings. The molecule has 0 amide bonds. The highest BCUT2D eigenvalue weighted by Crippen LogP contribution is 2.33. The van der Waals surface area contributed by atoms with E-state index in [4.69, 9.17) is 20.3 Å². The van der Waals surface area contributed by atoms with Crippen LogP contribution in [-0.4, -0.2) is 51.9 Å². The zero-order chi connectivity index (χ0) is 18.0. The molecule has 0 aliphatic rings. The number of nitrogen functional groups attached to an aromatic ring is 1. The fourth-order valence-corrected chi connectivity index (χ4v) is 2.30. The Morgan fingerprint density at radius 3 is 2.61 bits per heavy atom. The standard InChI is InChI=1S/C9H15N4O6PS.C2H6/c1-13(2-3-19-5-20(16,17)18)7-6(21-4-14)8(15)12-9(10)11-7;1-2/h4H,2-3,5H2,1H3,(H2,16,17,18)(H3,10,11,12,15);1-2H3. The van der Waals surface area contributed by atoms with Crippen molar-refractivity contribution >= 4 is 36.7 Å². The Morgan fingerprint density at radius 2 is 2.09 bits per heavy atom. The summed E-state index contributed by atoms with van der Waals surface area (Å²) in [4.78, 5) is 47.4. The number of rotatable bonds is 8. The molecule has 1 heterocycles. The van der Waals surface area contributed by atoms with Gasteiger partial charge in [0.1, 0.15) is 11.2 Å². The molecule has 23 heavy (non-hydrogen) atoms. The van der Waals surface area contributed by atoms with E-state index in [-0.39, 0.29) is 29.8 Å². The molecule has 10 nitrogen and oxygen atoms in total. The molecule has 0 unspecified atom stereocenters. The molecule has 132 valence electrons.